The first-order valence-electron chi connectivity index (χ1n) is 4.87. The molecule has 78 valence electrons. The van der Waals surface area contributed by atoms with Crippen molar-refractivity contribution in [3.05, 3.63) is 0 Å². The standard InChI is InChI=1S/C8H18NO3P/c1-3-7-11-13(10,9-5-6-9)12-8-4-2/h3-8H2,1-2H3. The third-order valence-corrected chi connectivity index (χ3v) is 3.80. The van der Waals surface area contributed by atoms with E-state index in [1.807, 2.05) is 13.8 Å². The summed E-state index contributed by atoms with van der Waals surface area (Å²) >= 11 is 0. The largest absolute Gasteiger partial charge is 0.408 e. The molecule has 1 rings (SSSR count). The van der Waals surface area contributed by atoms with E-state index in [9.17, 15) is 4.57 Å². The van der Waals surface area contributed by atoms with Crippen molar-refractivity contribution < 1.29 is 13.6 Å². The Morgan fingerprint density at radius 1 is 1.15 bits per heavy atom. The Morgan fingerprint density at radius 3 is 1.92 bits per heavy atom. The maximum atomic E-state index is 12.0. The van der Waals surface area contributed by atoms with Gasteiger partial charge >= 0.3 is 7.75 Å². The van der Waals surface area contributed by atoms with Gasteiger partial charge in [0.2, 0.25) is 0 Å². The smallest absolute Gasteiger partial charge is 0.297 e. The predicted molar refractivity (Wildman–Crippen MR) is 51.7 cm³/mol. The van der Waals surface area contributed by atoms with Crippen LogP contribution in [0.1, 0.15) is 26.7 Å². The van der Waals surface area contributed by atoms with Gasteiger partial charge in [-0.05, 0) is 12.8 Å². The second-order valence-corrected chi connectivity index (χ2v) is 5.11. The quantitative estimate of drug-likeness (QED) is 0.474. The fourth-order valence-corrected chi connectivity index (χ4v) is 2.71. The molecule has 1 aliphatic heterocycles. The molecule has 0 atom stereocenters. The summed E-state index contributed by atoms with van der Waals surface area (Å²) in [5, 5.41) is 0. The van der Waals surface area contributed by atoms with Gasteiger partial charge in [0.1, 0.15) is 0 Å². The van der Waals surface area contributed by atoms with Crippen molar-refractivity contribution in [2.24, 2.45) is 0 Å². The van der Waals surface area contributed by atoms with Crippen LogP contribution in [-0.2, 0) is 13.6 Å². The van der Waals surface area contributed by atoms with Crippen molar-refractivity contribution in [2.75, 3.05) is 26.3 Å². The molecule has 1 saturated heterocycles. The lowest BCUT2D eigenvalue weighted by atomic mass is 10.5. The van der Waals surface area contributed by atoms with Gasteiger partial charge in [0.25, 0.3) is 0 Å². The summed E-state index contributed by atoms with van der Waals surface area (Å²) in [6, 6.07) is 0. The molecule has 0 radical (unpaired) electrons. The highest BCUT2D eigenvalue weighted by molar-refractivity contribution is 7.51. The highest BCUT2D eigenvalue weighted by atomic mass is 31.2. The zero-order chi connectivity index (χ0) is 9.73. The zero-order valence-corrected chi connectivity index (χ0v) is 9.26. The van der Waals surface area contributed by atoms with Crippen LogP contribution in [0.2, 0.25) is 0 Å². The van der Waals surface area contributed by atoms with Gasteiger partial charge in [-0.15, -0.1) is 0 Å². The Kier molecular flexibility index (Phi) is 4.39. The molecule has 0 amide bonds. The van der Waals surface area contributed by atoms with E-state index < -0.39 is 7.75 Å². The molecule has 0 N–H and O–H groups in total. The van der Waals surface area contributed by atoms with Crippen LogP contribution in [0.4, 0.5) is 0 Å². The summed E-state index contributed by atoms with van der Waals surface area (Å²) in [7, 11) is -2.88. The van der Waals surface area contributed by atoms with E-state index in [1.165, 1.54) is 0 Å². The van der Waals surface area contributed by atoms with E-state index in [1.54, 1.807) is 4.67 Å². The Labute approximate surface area is 79.8 Å². The lowest BCUT2D eigenvalue weighted by Gasteiger charge is -2.17. The number of nitrogens with zero attached hydrogens (tertiary/aromatic N) is 1. The first-order chi connectivity index (χ1) is 6.23. The molecule has 0 aromatic carbocycles. The van der Waals surface area contributed by atoms with Gasteiger partial charge < -0.3 is 0 Å². The van der Waals surface area contributed by atoms with Gasteiger partial charge in [0.15, 0.2) is 0 Å². The molecular formula is C8H18NO3P. The Hall–Kier alpha value is 0.110. The van der Waals surface area contributed by atoms with Crippen LogP contribution in [-0.4, -0.2) is 31.0 Å². The van der Waals surface area contributed by atoms with E-state index in [-0.39, 0.29) is 0 Å². The molecule has 1 heterocycles. The normalized spacial score (nSPS) is 17.7. The molecule has 0 aromatic rings. The Morgan fingerprint density at radius 2 is 1.62 bits per heavy atom. The van der Waals surface area contributed by atoms with Crippen LogP contribution in [0, 0.1) is 0 Å². The molecule has 5 heteroatoms. The van der Waals surface area contributed by atoms with Gasteiger partial charge in [-0.2, -0.15) is 0 Å². The Bertz CT molecular complexity index is 182. The average molecular weight is 207 g/mol. The summed E-state index contributed by atoms with van der Waals surface area (Å²) in [4.78, 5) is 0. The molecule has 13 heavy (non-hydrogen) atoms. The molecule has 0 saturated carbocycles. The molecule has 4 nitrogen and oxygen atoms in total. The molecule has 0 aromatic heterocycles. The average Bonchev–Trinajstić information content (AvgIpc) is 2.94. The number of rotatable bonds is 7. The molecular weight excluding hydrogens is 189 g/mol. The maximum absolute atomic E-state index is 12.0. The highest BCUT2D eigenvalue weighted by Crippen LogP contribution is 2.55. The number of hydrogen-bond donors (Lipinski definition) is 0. The van der Waals surface area contributed by atoms with E-state index >= 15 is 0 Å². The first kappa shape index (κ1) is 11.2. The third-order valence-electron chi connectivity index (χ3n) is 1.69. The van der Waals surface area contributed by atoms with E-state index in [0.717, 1.165) is 25.9 Å². The predicted octanol–water partition coefficient (Wildman–Crippen LogP) is 2.26. The summed E-state index contributed by atoms with van der Waals surface area (Å²) in [6.45, 7) is 6.68. The molecule has 0 aliphatic carbocycles. The van der Waals surface area contributed by atoms with Gasteiger partial charge in [0, 0.05) is 13.1 Å². The third kappa shape index (κ3) is 3.39. The second-order valence-electron chi connectivity index (χ2n) is 3.09. The van der Waals surface area contributed by atoms with Crippen LogP contribution in [0.15, 0.2) is 0 Å². The molecule has 0 bridgehead atoms. The van der Waals surface area contributed by atoms with Crippen LogP contribution in [0.3, 0.4) is 0 Å². The van der Waals surface area contributed by atoms with Gasteiger partial charge in [-0.25, -0.2) is 9.24 Å². The van der Waals surface area contributed by atoms with Crippen LogP contribution >= 0.6 is 7.75 Å². The molecule has 1 fully saturated rings. The van der Waals surface area contributed by atoms with E-state index in [2.05, 4.69) is 0 Å². The summed E-state index contributed by atoms with van der Waals surface area (Å²) < 4.78 is 24.3. The summed E-state index contributed by atoms with van der Waals surface area (Å²) in [5.41, 5.74) is 0. The van der Waals surface area contributed by atoms with Gasteiger partial charge in [0.05, 0.1) is 13.2 Å². The molecule has 0 unspecified atom stereocenters. The van der Waals surface area contributed by atoms with Crippen LogP contribution < -0.4 is 0 Å². The lowest BCUT2D eigenvalue weighted by Crippen LogP contribution is -2.05. The molecule has 1 aliphatic rings. The topological polar surface area (TPSA) is 38.5 Å². The molecule has 0 spiro atoms. The van der Waals surface area contributed by atoms with Crippen LogP contribution in [0.25, 0.3) is 0 Å². The summed E-state index contributed by atoms with van der Waals surface area (Å²) in [5.74, 6) is 0. The van der Waals surface area contributed by atoms with E-state index in [0.29, 0.717) is 13.2 Å². The van der Waals surface area contributed by atoms with Crippen molar-refractivity contribution in [3.63, 3.8) is 0 Å². The monoisotopic (exact) mass is 207 g/mol. The van der Waals surface area contributed by atoms with E-state index in [4.69, 9.17) is 9.05 Å². The first-order valence-corrected chi connectivity index (χ1v) is 6.37. The number of hydrogen-bond acceptors (Lipinski definition) is 3. The lowest BCUT2D eigenvalue weighted by molar-refractivity contribution is 0.183. The highest BCUT2D eigenvalue weighted by Gasteiger charge is 2.40. The maximum Gasteiger partial charge on any atom is 0.408 e. The second kappa shape index (κ2) is 5.11. The minimum atomic E-state index is -2.88. The SMILES string of the molecule is CCCOP(=O)(OCCC)N1CC1. The van der Waals surface area contributed by atoms with Crippen molar-refractivity contribution in [1.82, 2.24) is 4.67 Å². The van der Waals surface area contributed by atoms with Crippen LogP contribution in [0.5, 0.6) is 0 Å². The van der Waals surface area contributed by atoms with Crippen molar-refractivity contribution in [1.29, 1.82) is 0 Å². The fourth-order valence-electron chi connectivity index (χ4n) is 0.904. The van der Waals surface area contributed by atoms with Gasteiger partial charge in [-0.1, -0.05) is 13.8 Å². The van der Waals surface area contributed by atoms with Gasteiger partial charge in [-0.3, -0.25) is 9.05 Å². The van der Waals surface area contributed by atoms with Crippen molar-refractivity contribution >= 4 is 7.75 Å². The van der Waals surface area contributed by atoms with Crippen molar-refractivity contribution in [3.8, 4) is 0 Å². The van der Waals surface area contributed by atoms with Crippen molar-refractivity contribution in [2.45, 2.75) is 26.7 Å². The zero-order valence-electron chi connectivity index (χ0n) is 8.36. The fraction of sp³-hybridized carbons (Fsp3) is 1.00. The minimum Gasteiger partial charge on any atom is -0.297 e. The Balaban J connectivity index is 2.37. The summed E-state index contributed by atoms with van der Waals surface area (Å²) in [6.07, 6.45) is 1.74. The minimum absolute atomic E-state index is 0.511.